The molecule has 69 heavy (non-hydrogen) atoms. The molecule has 0 saturated carbocycles. The van der Waals surface area contributed by atoms with Crippen LogP contribution in [0.15, 0.2) is 60.7 Å². The summed E-state index contributed by atoms with van der Waals surface area (Å²) in [5.41, 5.74) is 0.856. The molecule has 6 rings (SSSR count). The second-order valence-electron chi connectivity index (χ2n) is 19.8. The minimum absolute atomic E-state index is 0.0913. The predicted molar refractivity (Wildman–Crippen MR) is 283 cm³/mol. The Kier molecular flexibility index (Phi) is 20.1. The van der Waals surface area contributed by atoms with Crippen molar-refractivity contribution >= 4 is 81.6 Å². The van der Waals surface area contributed by atoms with Gasteiger partial charge in [0, 0.05) is 0 Å². The smallest absolute Gasteiger partial charge is 0.246 e. The molecule has 19 heteroatoms. The molecule has 4 aliphatic heterocycles. The lowest BCUT2D eigenvalue weighted by Crippen LogP contribution is -2.58. The van der Waals surface area contributed by atoms with E-state index in [2.05, 4.69) is 59.6 Å². The summed E-state index contributed by atoms with van der Waals surface area (Å²) >= 11 is 14.7. The van der Waals surface area contributed by atoms with Gasteiger partial charge in [0.2, 0.25) is 23.6 Å². The monoisotopic (exact) mass is 1030 g/mol. The fraction of sp³-hybridized carbons (Fsp3) is 0.640. The van der Waals surface area contributed by atoms with Crippen LogP contribution in [0.25, 0.3) is 0 Å². The van der Waals surface area contributed by atoms with Crippen molar-refractivity contribution in [1.29, 1.82) is 0 Å². The number of hydrogen-bond donors (Lipinski definition) is 6. The number of thiocarbonyl (C=S) groups is 2. The Morgan fingerprint density at radius 2 is 1.00 bits per heavy atom. The Balaban J connectivity index is 1.00. The third-order valence-corrected chi connectivity index (χ3v) is 17.2. The number of carbonyl (C=O) groups is 4. The quantitative estimate of drug-likeness (QED) is 0.0707. The van der Waals surface area contributed by atoms with E-state index in [1.807, 2.05) is 88.6 Å². The minimum atomic E-state index is -0.679. The van der Waals surface area contributed by atoms with E-state index in [1.54, 1.807) is 33.3 Å². The van der Waals surface area contributed by atoms with E-state index >= 15 is 0 Å². The number of nitrogens with zero attached hydrogens (tertiary/aromatic N) is 2. The van der Waals surface area contributed by atoms with Gasteiger partial charge in [-0.15, -0.1) is 23.5 Å². The van der Waals surface area contributed by atoms with E-state index in [9.17, 15) is 19.2 Å². The van der Waals surface area contributed by atoms with Crippen LogP contribution in [0, 0.1) is 10.8 Å². The summed E-state index contributed by atoms with van der Waals surface area (Å²) in [7, 11) is 3.66. The Labute approximate surface area is 428 Å². The van der Waals surface area contributed by atoms with Gasteiger partial charge in [-0.05, 0) is 87.1 Å². The highest BCUT2D eigenvalue weighted by atomic mass is 32.2. The molecule has 0 aliphatic carbocycles. The van der Waals surface area contributed by atoms with Crippen molar-refractivity contribution in [2.24, 2.45) is 10.8 Å². The highest BCUT2D eigenvalue weighted by molar-refractivity contribution is 8.00. The molecule has 15 nitrogen and oxygen atoms in total. The van der Waals surface area contributed by atoms with Crippen LogP contribution in [-0.4, -0.2) is 156 Å². The molecule has 0 radical (unpaired) electrons. The number of nitrogens with one attached hydrogen (secondary N) is 6. The standard InChI is InChI=1S/C50H74N8O7S4/c1-31(51-7)45(66)55-35-19-25-68-39-27-49(3,4)41(57(39)47(35)61)43(59)53-37(33-15-11-9-12-16-33)29-64-23-21-63-22-24-65-30-38(34-17-13-10-14-18-34)54-44(60)42-50(5,6)28-40-58(42)48(62)36(20-26-69-40)56-46(67)32(2)52-8/h9-18,31-32,35-42,51-52H,19-30H2,1-8H3,(H,53,59)(H,54,60)(H,55,66)(H,56,67)/t31-,32-,35-,36-,37+,38+,39?,40?,41+,42+/m0/s1. The second kappa shape index (κ2) is 25.3. The first-order chi connectivity index (χ1) is 33.0. The van der Waals surface area contributed by atoms with Crippen LogP contribution in [0.1, 0.15) is 90.4 Å². The van der Waals surface area contributed by atoms with Crippen molar-refractivity contribution in [3.8, 4) is 0 Å². The molecule has 4 heterocycles. The molecule has 6 N–H and O–H groups in total. The Hall–Kier alpha value is -3.40. The van der Waals surface area contributed by atoms with Gasteiger partial charge in [0.1, 0.15) is 24.2 Å². The van der Waals surface area contributed by atoms with Gasteiger partial charge in [0.05, 0.1) is 84.5 Å². The van der Waals surface area contributed by atoms with Gasteiger partial charge >= 0.3 is 0 Å². The van der Waals surface area contributed by atoms with Gasteiger partial charge in [0.25, 0.3) is 0 Å². The van der Waals surface area contributed by atoms with E-state index in [-0.39, 0.29) is 72.9 Å². The summed E-state index contributed by atoms with van der Waals surface area (Å²) in [6.07, 6.45) is 2.65. The number of carbonyl (C=O) groups excluding carboxylic acids is 4. The largest absolute Gasteiger partial charge is 0.377 e. The maximum atomic E-state index is 14.4. The highest BCUT2D eigenvalue weighted by Crippen LogP contribution is 2.48. The van der Waals surface area contributed by atoms with E-state index in [0.29, 0.717) is 48.9 Å². The van der Waals surface area contributed by atoms with Crippen molar-refractivity contribution in [3.05, 3.63) is 71.8 Å². The molecule has 2 aromatic rings. The molecule has 4 aliphatic rings. The second-order valence-corrected chi connectivity index (χ2v) is 23.2. The van der Waals surface area contributed by atoms with Crippen molar-refractivity contribution in [2.45, 2.75) is 126 Å². The SMILES string of the molecule is CN[C@@H](C)C(=S)N[C@H]1CCSC2CC(C)(C)[C@@H](C(=O)N[C@H](COCCOCCOC[C@@H](NC(=O)[C@H]3N4C(=O)[C@@H](NC(=S)[C@H](C)NC)CCSC4CC3(C)C)c3ccccc3)c3ccccc3)N2C1=O. The van der Waals surface area contributed by atoms with Crippen LogP contribution >= 0.6 is 48.0 Å². The lowest BCUT2D eigenvalue weighted by molar-refractivity contribution is -0.142. The van der Waals surface area contributed by atoms with E-state index < -0.39 is 47.1 Å². The molecule has 0 bridgehead atoms. The molecule has 10 atom stereocenters. The van der Waals surface area contributed by atoms with Crippen LogP contribution in [-0.2, 0) is 33.4 Å². The Morgan fingerprint density at radius 3 is 1.36 bits per heavy atom. The average Bonchev–Trinajstić information content (AvgIpc) is 3.65. The molecule has 0 aromatic heterocycles. The van der Waals surface area contributed by atoms with Crippen molar-refractivity contribution in [1.82, 2.24) is 41.7 Å². The number of likely N-dealkylation sites (N-methyl/N-ethyl adjacent to an activating group) is 2. The van der Waals surface area contributed by atoms with Crippen molar-refractivity contribution < 1.29 is 33.4 Å². The fourth-order valence-corrected chi connectivity index (χ4v) is 13.3. The first kappa shape index (κ1) is 54.9. The van der Waals surface area contributed by atoms with Gasteiger partial charge < -0.3 is 55.9 Å². The zero-order valence-corrected chi connectivity index (χ0v) is 44.7. The summed E-state index contributed by atoms with van der Waals surface area (Å²) in [5, 5.41) is 19.1. The first-order valence-electron chi connectivity index (χ1n) is 24.2. The maximum Gasteiger partial charge on any atom is 0.246 e. The normalized spacial score (nSPS) is 25.8. The Bertz CT molecular complexity index is 1930. The zero-order valence-electron chi connectivity index (χ0n) is 41.4. The molecule has 4 saturated heterocycles. The van der Waals surface area contributed by atoms with Gasteiger partial charge in [-0.2, -0.15) is 0 Å². The van der Waals surface area contributed by atoms with Gasteiger partial charge in [-0.25, -0.2) is 0 Å². The van der Waals surface area contributed by atoms with Crippen LogP contribution < -0.4 is 31.9 Å². The topological polar surface area (TPSA) is 175 Å². The number of amides is 4. The van der Waals surface area contributed by atoms with Gasteiger partial charge in [-0.3, -0.25) is 19.2 Å². The average molecular weight is 1030 g/mol. The fourth-order valence-electron chi connectivity index (χ4n) is 9.61. The molecule has 2 aromatic carbocycles. The van der Waals surface area contributed by atoms with Gasteiger partial charge in [0.15, 0.2) is 0 Å². The molecule has 4 amide bonds. The maximum absolute atomic E-state index is 14.4. The first-order valence-corrected chi connectivity index (χ1v) is 27.2. The molecular formula is C50H74N8O7S4. The Morgan fingerprint density at radius 1 is 0.638 bits per heavy atom. The zero-order chi connectivity index (χ0) is 49.9. The summed E-state index contributed by atoms with van der Waals surface area (Å²) < 4.78 is 18.2. The van der Waals surface area contributed by atoms with E-state index in [1.165, 1.54) is 0 Å². The molecule has 2 unspecified atom stereocenters. The minimum Gasteiger partial charge on any atom is -0.377 e. The van der Waals surface area contributed by atoms with Crippen LogP contribution in [0.4, 0.5) is 0 Å². The number of benzene rings is 2. The van der Waals surface area contributed by atoms with Crippen LogP contribution in [0.2, 0.25) is 0 Å². The molecule has 0 spiro atoms. The van der Waals surface area contributed by atoms with E-state index in [0.717, 1.165) is 22.6 Å². The highest BCUT2D eigenvalue weighted by Gasteiger charge is 2.56. The lowest BCUT2D eigenvalue weighted by Gasteiger charge is -2.35. The van der Waals surface area contributed by atoms with Gasteiger partial charge in [-0.1, -0.05) is 113 Å². The molecular weight excluding hydrogens is 953 g/mol. The lowest BCUT2D eigenvalue weighted by atomic mass is 9.83. The summed E-state index contributed by atoms with van der Waals surface area (Å²) in [6, 6.07) is 15.9. The third kappa shape index (κ3) is 14.0. The summed E-state index contributed by atoms with van der Waals surface area (Å²) in [6.45, 7) is 13.7. The summed E-state index contributed by atoms with van der Waals surface area (Å²) in [4.78, 5) is 62.0. The molecule has 4 fully saturated rings. The summed E-state index contributed by atoms with van der Waals surface area (Å²) in [5.74, 6) is 0.921. The third-order valence-electron chi connectivity index (χ3n) is 13.7. The van der Waals surface area contributed by atoms with E-state index in [4.69, 9.17) is 38.6 Å². The number of thioether (sulfide) groups is 2. The number of ether oxygens (including phenoxy) is 3. The van der Waals surface area contributed by atoms with Crippen molar-refractivity contribution in [3.63, 3.8) is 0 Å². The molecule has 380 valence electrons. The van der Waals surface area contributed by atoms with Crippen LogP contribution in [0.3, 0.4) is 0 Å². The number of rotatable bonds is 22. The van der Waals surface area contributed by atoms with Crippen molar-refractivity contribution in [2.75, 3.05) is 65.2 Å². The number of hydrogen-bond acceptors (Lipinski definition) is 13. The predicted octanol–water partition coefficient (Wildman–Crippen LogP) is 4.72. The van der Waals surface area contributed by atoms with Crippen LogP contribution in [0.5, 0.6) is 0 Å². The number of fused-ring (bicyclic) bond motifs is 2.